The highest BCUT2D eigenvalue weighted by Gasteiger charge is 2.11. The number of nitrogens with one attached hydrogen (secondary N) is 1. The van der Waals surface area contributed by atoms with Crippen molar-refractivity contribution in [1.82, 2.24) is 10.2 Å². The van der Waals surface area contributed by atoms with Gasteiger partial charge in [-0.3, -0.25) is 9.59 Å². The number of carbonyl (C=O) groups excluding carboxylic acids is 2. The van der Waals surface area contributed by atoms with E-state index in [-0.39, 0.29) is 11.8 Å². The number of ether oxygens (including phenoxy) is 1. The zero-order valence-electron chi connectivity index (χ0n) is 14.9. The fourth-order valence-electron chi connectivity index (χ4n) is 2.61. The van der Waals surface area contributed by atoms with Gasteiger partial charge in [0.25, 0.3) is 5.91 Å². The lowest BCUT2D eigenvalue weighted by atomic mass is 10.1. The third-order valence-electron chi connectivity index (χ3n) is 4.09. The smallest absolute Gasteiger partial charge is 0.251 e. The van der Waals surface area contributed by atoms with Gasteiger partial charge in [-0.15, -0.1) is 0 Å². The molecular weight excluding hydrogens is 316 g/mol. The third-order valence-corrected chi connectivity index (χ3v) is 4.09. The number of benzene rings is 2. The summed E-state index contributed by atoms with van der Waals surface area (Å²) >= 11 is 0. The molecule has 5 heteroatoms. The van der Waals surface area contributed by atoms with Crippen LogP contribution in [0.4, 0.5) is 0 Å². The Balaban J connectivity index is 1.90. The number of aryl methyl sites for hydroxylation is 1. The van der Waals surface area contributed by atoms with Gasteiger partial charge in [-0.2, -0.15) is 0 Å². The Labute approximate surface area is 148 Å². The molecule has 0 aliphatic rings. The predicted octanol–water partition coefficient (Wildman–Crippen LogP) is 2.65. The van der Waals surface area contributed by atoms with Crippen LogP contribution in [0.15, 0.2) is 48.5 Å². The van der Waals surface area contributed by atoms with Crippen molar-refractivity contribution in [3.05, 3.63) is 65.2 Å². The minimum atomic E-state index is -0.118. The minimum absolute atomic E-state index is 0.0706. The van der Waals surface area contributed by atoms with Crippen molar-refractivity contribution in [3.63, 3.8) is 0 Å². The van der Waals surface area contributed by atoms with E-state index in [1.165, 1.54) is 0 Å². The molecule has 132 valence electrons. The Morgan fingerprint density at radius 3 is 2.40 bits per heavy atom. The van der Waals surface area contributed by atoms with Crippen LogP contribution in [0.5, 0.6) is 5.75 Å². The molecule has 2 aromatic rings. The van der Waals surface area contributed by atoms with Gasteiger partial charge in [0, 0.05) is 32.6 Å². The molecule has 0 heterocycles. The quantitative estimate of drug-likeness (QED) is 0.843. The van der Waals surface area contributed by atoms with Crippen LogP contribution < -0.4 is 10.1 Å². The van der Waals surface area contributed by atoms with Gasteiger partial charge < -0.3 is 15.0 Å². The van der Waals surface area contributed by atoms with Crippen molar-refractivity contribution in [1.29, 1.82) is 0 Å². The van der Waals surface area contributed by atoms with Gasteiger partial charge in [-0.1, -0.05) is 30.3 Å². The molecule has 0 unspecified atom stereocenters. The number of rotatable bonds is 7. The molecular formula is C20H24N2O3. The summed E-state index contributed by atoms with van der Waals surface area (Å²) in [5.41, 5.74) is 2.62. The molecule has 0 saturated heterocycles. The Morgan fingerprint density at radius 1 is 1.08 bits per heavy atom. The molecule has 1 N–H and O–H groups in total. The Hall–Kier alpha value is -2.82. The molecule has 0 atom stereocenters. The van der Waals surface area contributed by atoms with E-state index in [9.17, 15) is 9.59 Å². The average Bonchev–Trinajstić information content (AvgIpc) is 2.66. The molecule has 25 heavy (non-hydrogen) atoms. The Bertz CT molecular complexity index is 726. The van der Waals surface area contributed by atoms with Gasteiger partial charge in [-0.25, -0.2) is 0 Å². The maximum Gasteiger partial charge on any atom is 0.251 e. The van der Waals surface area contributed by atoms with Gasteiger partial charge >= 0.3 is 0 Å². The van der Waals surface area contributed by atoms with Crippen LogP contribution in [-0.4, -0.2) is 37.9 Å². The highest BCUT2D eigenvalue weighted by atomic mass is 16.5. The molecule has 0 saturated carbocycles. The maximum absolute atomic E-state index is 12.4. The Kier molecular flexibility index (Phi) is 6.57. The van der Waals surface area contributed by atoms with Crippen molar-refractivity contribution in [3.8, 4) is 5.75 Å². The fraction of sp³-hybridized carbons (Fsp3) is 0.300. The molecule has 2 aromatic carbocycles. The highest BCUT2D eigenvalue weighted by molar-refractivity contribution is 5.93. The third kappa shape index (κ3) is 5.08. The summed E-state index contributed by atoms with van der Waals surface area (Å²) in [6, 6.07) is 15.0. The van der Waals surface area contributed by atoms with Crippen LogP contribution in [0.1, 0.15) is 27.9 Å². The molecule has 0 aliphatic carbocycles. The van der Waals surface area contributed by atoms with Crippen molar-refractivity contribution in [2.24, 2.45) is 0 Å². The van der Waals surface area contributed by atoms with Crippen LogP contribution in [0.3, 0.4) is 0 Å². The fourth-order valence-corrected chi connectivity index (χ4v) is 2.61. The topological polar surface area (TPSA) is 58.6 Å². The van der Waals surface area contributed by atoms with E-state index in [4.69, 9.17) is 4.74 Å². The van der Waals surface area contributed by atoms with Crippen LogP contribution in [0.2, 0.25) is 0 Å². The van der Waals surface area contributed by atoms with Gasteiger partial charge in [0.2, 0.25) is 5.91 Å². The number of amides is 2. The highest BCUT2D eigenvalue weighted by Crippen LogP contribution is 2.19. The van der Waals surface area contributed by atoms with E-state index in [0.717, 1.165) is 16.9 Å². The lowest BCUT2D eigenvalue weighted by molar-refractivity contribution is -0.130. The molecule has 0 bridgehead atoms. The normalized spacial score (nSPS) is 10.2. The number of methoxy groups -OCH3 is 1. The zero-order valence-corrected chi connectivity index (χ0v) is 14.9. The summed E-state index contributed by atoms with van der Waals surface area (Å²) in [6.45, 7) is 0.513. The second-order valence-corrected chi connectivity index (χ2v) is 5.84. The van der Waals surface area contributed by atoms with Gasteiger partial charge in [0.05, 0.1) is 7.11 Å². The van der Waals surface area contributed by atoms with E-state index in [1.807, 2.05) is 36.4 Å². The number of hydrogen-bond donors (Lipinski definition) is 1. The molecule has 0 spiro atoms. The van der Waals surface area contributed by atoms with Crippen LogP contribution in [0, 0.1) is 0 Å². The molecule has 0 fully saturated rings. The summed E-state index contributed by atoms with van der Waals surface area (Å²) in [5, 5.41) is 2.59. The molecule has 2 amide bonds. The van der Waals surface area contributed by atoms with E-state index in [0.29, 0.717) is 24.9 Å². The molecule has 5 nitrogen and oxygen atoms in total. The zero-order chi connectivity index (χ0) is 18.2. The lowest BCUT2D eigenvalue weighted by Gasteiger charge is -2.18. The number of para-hydroxylation sites is 1. The van der Waals surface area contributed by atoms with Crippen molar-refractivity contribution in [2.45, 2.75) is 19.4 Å². The summed E-state index contributed by atoms with van der Waals surface area (Å²) < 4.78 is 5.32. The summed E-state index contributed by atoms with van der Waals surface area (Å²) in [4.78, 5) is 25.6. The largest absolute Gasteiger partial charge is 0.496 e. The van der Waals surface area contributed by atoms with Crippen LogP contribution >= 0.6 is 0 Å². The van der Waals surface area contributed by atoms with E-state index >= 15 is 0 Å². The second kappa shape index (κ2) is 8.87. The maximum atomic E-state index is 12.4. The first-order chi connectivity index (χ1) is 12.0. The Morgan fingerprint density at radius 2 is 1.76 bits per heavy atom. The average molecular weight is 340 g/mol. The number of carbonyl (C=O) groups is 2. The summed E-state index contributed by atoms with van der Waals surface area (Å²) in [6.07, 6.45) is 1.07. The van der Waals surface area contributed by atoms with Crippen molar-refractivity contribution in [2.75, 3.05) is 21.2 Å². The van der Waals surface area contributed by atoms with Gasteiger partial charge in [0.15, 0.2) is 0 Å². The summed E-state index contributed by atoms with van der Waals surface area (Å²) in [7, 11) is 5.02. The van der Waals surface area contributed by atoms with Gasteiger partial charge in [0.1, 0.15) is 5.75 Å². The minimum Gasteiger partial charge on any atom is -0.496 e. The summed E-state index contributed by atoms with van der Waals surface area (Å²) in [5.74, 6) is 0.761. The van der Waals surface area contributed by atoms with Crippen LogP contribution in [0.25, 0.3) is 0 Å². The number of hydrogen-bond acceptors (Lipinski definition) is 3. The molecule has 0 aromatic heterocycles. The standard InChI is InChI=1S/C20H24N2O3/c1-21-20(24)17-10-8-15(9-11-17)14-22(2)19(23)13-12-16-6-4-5-7-18(16)25-3/h4-11H,12-14H2,1-3H3,(H,21,24). The lowest BCUT2D eigenvalue weighted by Crippen LogP contribution is -2.26. The first-order valence-electron chi connectivity index (χ1n) is 8.22. The molecule has 2 rings (SSSR count). The number of nitrogens with zero attached hydrogens (tertiary/aromatic N) is 1. The first kappa shape index (κ1) is 18.5. The van der Waals surface area contributed by atoms with E-state index in [2.05, 4.69) is 5.32 Å². The predicted molar refractivity (Wildman–Crippen MR) is 97.6 cm³/mol. The SMILES string of the molecule is CNC(=O)c1ccc(CN(C)C(=O)CCc2ccccc2OC)cc1. The van der Waals surface area contributed by atoms with Crippen molar-refractivity contribution >= 4 is 11.8 Å². The molecule has 0 aliphatic heterocycles. The first-order valence-corrected chi connectivity index (χ1v) is 8.22. The van der Waals surface area contributed by atoms with Crippen molar-refractivity contribution < 1.29 is 14.3 Å². The second-order valence-electron chi connectivity index (χ2n) is 5.84. The van der Waals surface area contributed by atoms with Crippen LogP contribution in [-0.2, 0) is 17.8 Å². The van der Waals surface area contributed by atoms with E-state index in [1.54, 1.807) is 38.2 Å². The monoisotopic (exact) mass is 340 g/mol. The van der Waals surface area contributed by atoms with E-state index < -0.39 is 0 Å². The van der Waals surface area contributed by atoms with Gasteiger partial charge in [-0.05, 0) is 35.7 Å². The molecule has 0 radical (unpaired) electrons.